The monoisotopic (exact) mass is 2230 g/mol. The third-order valence-electron chi connectivity index (χ3n) is 10.9. The van der Waals surface area contributed by atoms with E-state index in [2.05, 4.69) is 273 Å². The number of hydrogen-bond donors (Lipinski definition) is 1. The second kappa shape index (κ2) is 62.4. The molecule has 0 aliphatic carbocycles. The third kappa shape index (κ3) is 41.7. The Balaban J connectivity index is 0. The van der Waals surface area contributed by atoms with Crippen LogP contribution < -0.4 is 0 Å². The lowest BCUT2D eigenvalue weighted by atomic mass is 9.93. The molecular weight excluding hydrogens is 2130 g/mol. The van der Waals surface area contributed by atoms with E-state index >= 15 is 0 Å². The van der Waals surface area contributed by atoms with Crippen molar-refractivity contribution in [1.82, 2.24) is 9.96 Å². The molecule has 1 aromatic carbocycles. The summed E-state index contributed by atoms with van der Waals surface area (Å²) in [6, 6.07) is 9.36. The fourth-order valence-corrected chi connectivity index (χ4v) is 703. The maximum Gasteiger partial charge on any atom is 0.416 e. The number of cyclic esters (lactones) is 1. The minimum atomic E-state index is -0.747. The maximum atomic E-state index is 12.4. The number of amides is 3. The summed E-state index contributed by atoms with van der Waals surface area (Å²) in [7, 11) is 98.7. The number of ether oxygens (including phenoxy) is 1. The number of rotatable bonds is 33. The second-order valence-corrected chi connectivity index (χ2v) is 236. The zero-order valence-electron chi connectivity index (χ0n) is 49.4. The van der Waals surface area contributed by atoms with E-state index in [1.165, 1.54) is 12.2 Å². The maximum absolute atomic E-state index is 12.4. The van der Waals surface area contributed by atoms with Crippen molar-refractivity contribution < 1.29 is 29.1 Å². The van der Waals surface area contributed by atoms with Crippen LogP contribution in [0.25, 0.3) is 0 Å². The molecule has 2 rings (SSSR count). The van der Waals surface area contributed by atoms with Crippen molar-refractivity contribution in [3.8, 4) is 0 Å². The first-order valence-electron chi connectivity index (χ1n) is 24.0. The van der Waals surface area contributed by atoms with Crippen LogP contribution in [0.2, 0.25) is 0 Å². The van der Waals surface area contributed by atoms with E-state index in [0.29, 0.717) is 18.8 Å². The molecule has 1 aliphatic rings. The van der Waals surface area contributed by atoms with Gasteiger partial charge in [0, 0.05) is 13.0 Å². The van der Waals surface area contributed by atoms with E-state index in [4.69, 9.17) is 9.57 Å². The van der Waals surface area contributed by atoms with E-state index in [-0.39, 0.29) is 205 Å². The van der Waals surface area contributed by atoms with Gasteiger partial charge in [-0.15, -0.1) is 259 Å². The number of imide groups is 1. The minimum Gasteiger partial charge on any atom is -0.447 e. The molecule has 520 valence electrons. The fourth-order valence-electron chi connectivity index (χ4n) is 6.35. The molecule has 0 spiro atoms. The van der Waals surface area contributed by atoms with Gasteiger partial charge in [-0.3, -0.25) is 14.4 Å². The van der Waals surface area contributed by atoms with Gasteiger partial charge < -0.3 is 9.84 Å². The van der Waals surface area contributed by atoms with E-state index in [1.54, 1.807) is 20.9 Å². The van der Waals surface area contributed by atoms with Gasteiger partial charge in [0.05, 0.1) is 25.2 Å². The zero-order valence-corrected chi connectivity index (χ0v) is 106. The number of carbonyl (C=O) groups is 3. The highest BCUT2D eigenvalue weighted by Gasteiger charge is 2.51. The van der Waals surface area contributed by atoms with Crippen LogP contribution in [0, 0.1) is 17.8 Å². The predicted octanol–water partition coefficient (Wildman–Crippen LogP) is 35.2. The van der Waals surface area contributed by atoms with Gasteiger partial charge in [-0.1, -0.05) is 79.3 Å². The lowest BCUT2D eigenvalue weighted by Crippen LogP contribution is -2.45. The highest BCUT2D eigenvalue weighted by atomic mass is 33.5. The van der Waals surface area contributed by atoms with Crippen LogP contribution in [0.1, 0.15) is 53.0 Å². The molecular formula is C25H99N2O6P55. The molecule has 1 saturated heterocycles. The molecule has 34 unspecified atom stereocenters. The molecule has 88 heavy (non-hydrogen) atoms. The van der Waals surface area contributed by atoms with Crippen molar-refractivity contribution >= 4 is 459 Å². The molecule has 1 aliphatic heterocycles. The number of aliphatic hydroxyl groups excluding tert-OH is 1. The van der Waals surface area contributed by atoms with E-state index in [0.717, 1.165) is 24.8 Å². The topological polar surface area (TPSA) is 96.4 Å². The molecule has 0 bridgehead atoms. The molecule has 3 amide bonds. The van der Waals surface area contributed by atoms with Crippen molar-refractivity contribution in [3.63, 3.8) is 0 Å². The van der Waals surface area contributed by atoms with E-state index in [9.17, 15) is 19.5 Å². The second-order valence-electron chi connectivity index (χ2n) is 17.0. The smallest absolute Gasteiger partial charge is 0.416 e. The average molecular weight is 2230 g/mol. The fraction of sp³-hybridized carbons (Fsp3) is 0.640. The largest absolute Gasteiger partial charge is 0.447 e. The predicted molar refractivity (Wildman–Crippen MR) is 589 cm³/mol. The minimum absolute atomic E-state index is 0.00189. The summed E-state index contributed by atoms with van der Waals surface area (Å²) in [6.45, 7) is 10.1. The van der Waals surface area contributed by atoms with Crippen molar-refractivity contribution in [2.45, 2.75) is 66.0 Å². The van der Waals surface area contributed by atoms with Crippen LogP contribution in [-0.4, -0.2) is 65.9 Å². The summed E-state index contributed by atoms with van der Waals surface area (Å²) in [5.74, 6) is -0.478. The van der Waals surface area contributed by atoms with Crippen LogP contribution in [0.5, 0.6) is 0 Å². The number of carbonyl (C=O) groups excluding carboxylic acids is 3. The summed E-state index contributed by atoms with van der Waals surface area (Å²) in [4.78, 5) is 41.7. The quantitative estimate of drug-likeness (QED) is 0.0556. The van der Waals surface area contributed by atoms with Crippen LogP contribution in [0.4, 0.5) is 4.79 Å². The lowest BCUT2D eigenvalue weighted by Gasteiger charge is -2.51. The van der Waals surface area contributed by atoms with Crippen molar-refractivity contribution in [3.05, 3.63) is 35.9 Å². The van der Waals surface area contributed by atoms with Gasteiger partial charge in [0.25, 0.3) is 0 Å². The van der Waals surface area contributed by atoms with Gasteiger partial charge in [0.1, 0.15) is 6.61 Å². The van der Waals surface area contributed by atoms with Crippen molar-refractivity contribution in [1.29, 1.82) is 0 Å². The molecule has 63 heteroatoms. The average Bonchev–Trinajstić information content (AvgIpc) is 3.21. The standard InChI is InChI=1S/C16H21NO4.C9H19NO2.H30P28.H29P27/c1-3-14(18)11(2)15(19)17-13(10-21-16(17)20)9-12-7-5-4-6-8-12;1-6-7(2)8(3)9(11)10(4)12-5;1-16(2)23(15)27(24(17(3)4)18(5)6)28(25(19(7)8)20(9)10)26(21(11)12)22(13)14;1-15-22(14)26(23(16(2)3)17(4)5)27(24(18(6)7)19(8)9)25(20(10)11)21(12)13/h4-8,11,13-14,18H,3,9-10H2,1-2H3;7-8H,6H2,1-5H3;1-15H2;15H,1-14H2/t11-,13-,14+;7-,8+;;/m10../s1. The molecule has 0 saturated carbocycles. The van der Waals surface area contributed by atoms with E-state index < -0.39 is 18.1 Å². The first kappa shape index (κ1) is 111. The van der Waals surface area contributed by atoms with Crippen LogP contribution >= 0.6 is 442 Å². The molecule has 0 radical (unpaired) electrons. The van der Waals surface area contributed by atoms with Gasteiger partial charge in [0.2, 0.25) is 11.8 Å². The number of aliphatic hydroxyl groups is 1. The van der Waals surface area contributed by atoms with Crippen molar-refractivity contribution in [2.75, 3.05) is 20.8 Å². The van der Waals surface area contributed by atoms with Gasteiger partial charge in [-0.05, 0) is 199 Å². The van der Waals surface area contributed by atoms with Gasteiger partial charge in [-0.2, -0.15) is 0 Å². The molecule has 0 aromatic heterocycles. The van der Waals surface area contributed by atoms with Gasteiger partial charge >= 0.3 is 6.09 Å². The summed E-state index contributed by atoms with van der Waals surface area (Å²) in [5.41, 5.74) is 1.04. The summed E-state index contributed by atoms with van der Waals surface area (Å²) >= 11 is 0. The number of hydrogen-bond acceptors (Lipinski definition) is 6. The highest BCUT2D eigenvalue weighted by molar-refractivity contribution is 9.44. The molecule has 1 aromatic rings. The summed E-state index contributed by atoms with van der Waals surface area (Å²) in [5, 5.41) is 11.1. The SMILES string of the molecule is CC[C@H](C)[C@@H](C)C(=O)N(C)OC.CC[C@H](O)[C@@H](C)C(=O)N1C(=O)OC[C@H]1Cc1ccccc1.PP(P)P(P)P(P(P(P)P)P(P)P)P(P(P(P)P)P(P)P)P(P(P)P)P(P)P.PPP(P)P(P(P(P)P)P(P)P)P(P(P(P)P)P(P)P)P(P(P)P)P(P)P. The molecule has 1 heterocycles. The van der Waals surface area contributed by atoms with Gasteiger partial charge in [-0.25, -0.2) is 14.8 Å². The highest BCUT2D eigenvalue weighted by Crippen LogP contribution is 3.38. The lowest BCUT2D eigenvalue weighted by molar-refractivity contribution is -0.174. The van der Waals surface area contributed by atoms with E-state index in [1.807, 2.05) is 37.3 Å². The molecule has 1 fully saturated rings. The normalized spacial score (nSPS) is 17.3. The van der Waals surface area contributed by atoms with Crippen LogP contribution in [-0.2, 0) is 25.6 Å². The Morgan fingerprint density at radius 3 is 1.17 bits per heavy atom. The van der Waals surface area contributed by atoms with Crippen LogP contribution in [0.3, 0.4) is 0 Å². The Bertz CT molecular complexity index is 1950. The van der Waals surface area contributed by atoms with Gasteiger partial charge in [0.15, 0.2) is 0 Å². The van der Waals surface area contributed by atoms with Crippen LogP contribution in [0.15, 0.2) is 30.3 Å². The number of benzene rings is 1. The zero-order chi connectivity index (χ0) is 69.3. The first-order chi connectivity index (χ1) is 40.5. The molecule has 1 N–H and O–H groups in total. The van der Waals surface area contributed by atoms with Crippen molar-refractivity contribution in [2.24, 2.45) is 17.8 Å². The Labute approximate surface area is 631 Å². The molecule has 8 nitrogen and oxygen atoms in total. The Kier molecular flexibility index (Phi) is 78.8. The first-order valence-corrected chi connectivity index (χ1v) is 123. The Morgan fingerprint density at radius 2 is 0.875 bits per heavy atom. The summed E-state index contributed by atoms with van der Waals surface area (Å²) in [6.07, 6.45) is 0.691. The Morgan fingerprint density at radius 1 is 0.545 bits per heavy atom. The molecule has 39 atom stereocenters. The number of nitrogens with zero attached hydrogens (tertiary/aromatic N) is 2. The number of hydroxylamine groups is 2. The third-order valence-corrected chi connectivity index (χ3v) is 371. The Hall–Kier alpha value is 21.2. The summed E-state index contributed by atoms with van der Waals surface area (Å²) < 4.78 is 5.02.